The summed E-state index contributed by atoms with van der Waals surface area (Å²) in [5, 5.41) is 7.60. The second-order valence-corrected chi connectivity index (χ2v) is 10.9. The first kappa shape index (κ1) is 22.9. The molecule has 11 heteroatoms. The van der Waals surface area contributed by atoms with Crippen LogP contribution in [0.1, 0.15) is 22.5 Å². The number of thiophene rings is 1. The lowest BCUT2D eigenvalue weighted by atomic mass is 10.2. The Morgan fingerprint density at radius 3 is 2.38 bits per heavy atom. The summed E-state index contributed by atoms with van der Waals surface area (Å²) < 4.78 is 32.4. The fourth-order valence-corrected chi connectivity index (χ4v) is 6.67. The second kappa shape index (κ2) is 9.32. The number of ether oxygens (including phenoxy) is 1. The molecular formula is C21H20ClN3O4S3. The van der Waals surface area contributed by atoms with Crippen LogP contribution < -0.4 is 10.6 Å². The van der Waals surface area contributed by atoms with Gasteiger partial charge in [0.2, 0.25) is 10.0 Å². The number of esters is 1. The van der Waals surface area contributed by atoms with Crippen LogP contribution in [0.2, 0.25) is 5.02 Å². The normalized spacial score (nSPS) is 14.4. The van der Waals surface area contributed by atoms with Crippen LogP contribution in [0.25, 0.3) is 10.1 Å². The molecule has 2 N–H and O–H groups in total. The minimum absolute atomic E-state index is 0.269. The molecule has 1 aliphatic heterocycles. The summed E-state index contributed by atoms with van der Waals surface area (Å²) in [7, 11) is -2.13. The zero-order valence-corrected chi connectivity index (χ0v) is 20.3. The predicted octanol–water partition coefficient (Wildman–Crippen LogP) is 4.93. The van der Waals surface area contributed by atoms with E-state index in [4.69, 9.17) is 28.6 Å². The summed E-state index contributed by atoms with van der Waals surface area (Å²) in [5.74, 6) is -0.474. The maximum atomic E-state index is 12.6. The molecule has 168 valence electrons. The highest BCUT2D eigenvalue weighted by Crippen LogP contribution is 2.37. The summed E-state index contributed by atoms with van der Waals surface area (Å²) in [6.45, 7) is 1.13. The molecule has 0 spiro atoms. The van der Waals surface area contributed by atoms with Gasteiger partial charge in [0.15, 0.2) is 5.11 Å². The number of nitrogens with one attached hydrogen (secondary N) is 2. The summed E-state index contributed by atoms with van der Waals surface area (Å²) in [4.78, 5) is 12.5. The van der Waals surface area contributed by atoms with E-state index in [1.54, 1.807) is 24.3 Å². The van der Waals surface area contributed by atoms with Crippen molar-refractivity contribution in [1.82, 2.24) is 4.31 Å². The van der Waals surface area contributed by atoms with Gasteiger partial charge in [-0.05, 0) is 67.5 Å². The van der Waals surface area contributed by atoms with Crippen LogP contribution in [0.4, 0.5) is 11.4 Å². The summed E-state index contributed by atoms with van der Waals surface area (Å²) in [6.07, 6.45) is 1.79. The highest BCUT2D eigenvalue weighted by molar-refractivity contribution is 7.89. The van der Waals surface area contributed by atoms with Crippen molar-refractivity contribution >= 4 is 77.7 Å². The molecule has 1 saturated heterocycles. The molecule has 1 aromatic heterocycles. The van der Waals surface area contributed by atoms with Gasteiger partial charge < -0.3 is 15.4 Å². The van der Waals surface area contributed by atoms with Gasteiger partial charge in [0.25, 0.3) is 0 Å². The molecule has 3 aromatic rings. The number of hydrogen-bond acceptors (Lipinski definition) is 6. The van der Waals surface area contributed by atoms with Crippen LogP contribution in [-0.2, 0) is 14.8 Å². The highest BCUT2D eigenvalue weighted by atomic mass is 35.5. The van der Waals surface area contributed by atoms with Crippen molar-refractivity contribution in [3.8, 4) is 0 Å². The van der Waals surface area contributed by atoms with Crippen molar-refractivity contribution in [1.29, 1.82) is 0 Å². The lowest BCUT2D eigenvalue weighted by Crippen LogP contribution is -2.27. The number of carbonyl (C=O) groups excluding carboxylic acids is 1. The Labute approximate surface area is 200 Å². The topological polar surface area (TPSA) is 87.7 Å². The maximum Gasteiger partial charge on any atom is 0.349 e. The molecule has 7 nitrogen and oxygen atoms in total. The van der Waals surface area contributed by atoms with Crippen LogP contribution in [0.5, 0.6) is 0 Å². The van der Waals surface area contributed by atoms with Gasteiger partial charge in [-0.1, -0.05) is 11.6 Å². The van der Waals surface area contributed by atoms with E-state index >= 15 is 0 Å². The molecule has 0 radical (unpaired) electrons. The predicted molar refractivity (Wildman–Crippen MR) is 132 cm³/mol. The van der Waals surface area contributed by atoms with E-state index in [0.29, 0.717) is 33.8 Å². The van der Waals surface area contributed by atoms with Crippen LogP contribution in [0, 0.1) is 0 Å². The number of hydrogen-bond donors (Lipinski definition) is 2. The second-order valence-electron chi connectivity index (χ2n) is 7.16. The van der Waals surface area contributed by atoms with Gasteiger partial charge in [-0.25, -0.2) is 13.2 Å². The number of nitrogens with zero attached hydrogens (tertiary/aromatic N) is 1. The number of benzene rings is 2. The van der Waals surface area contributed by atoms with Crippen molar-refractivity contribution in [3.63, 3.8) is 0 Å². The van der Waals surface area contributed by atoms with Crippen molar-refractivity contribution in [3.05, 3.63) is 52.4 Å². The van der Waals surface area contributed by atoms with Gasteiger partial charge in [0, 0.05) is 34.6 Å². The van der Waals surface area contributed by atoms with E-state index in [9.17, 15) is 13.2 Å². The molecule has 4 rings (SSSR count). The third-order valence-corrected chi connectivity index (χ3v) is 8.83. The van der Waals surface area contributed by atoms with E-state index in [0.717, 1.165) is 28.6 Å². The molecule has 0 atom stereocenters. The van der Waals surface area contributed by atoms with Crippen molar-refractivity contribution in [2.24, 2.45) is 0 Å². The molecule has 0 amide bonds. The number of halogens is 1. The van der Waals surface area contributed by atoms with Gasteiger partial charge >= 0.3 is 5.97 Å². The smallest absolute Gasteiger partial charge is 0.349 e. The highest BCUT2D eigenvalue weighted by Gasteiger charge is 2.27. The Balaban J connectivity index is 1.44. The standard InChI is InChI=1S/C21H20ClN3O4S3/c1-29-20(26)19-18(22)16-9-6-14(12-17(16)31-19)24-21(30)23-13-4-7-15(8-5-13)32(27,28)25-10-2-3-11-25/h4-9,12H,2-3,10-11H2,1H3,(H2,23,24,30). The number of carbonyl (C=O) groups is 1. The van der Waals surface area contributed by atoms with Gasteiger partial charge in [-0.3, -0.25) is 0 Å². The fraction of sp³-hybridized carbons (Fsp3) is 0.238. The Morgan fingerprint density at radius 2 is 1.72 bits per heavy atom. The third-order valence-electron chi connectivity index (χ3n) is 5.07. The Hall–Kier alpha value is -2.24. The van der Waals surface area contributed by atoms with E-state index in [2.05, 4.69) is 10.6 Å². The average Bonchev–Trinajstić information content (AvgIpc) is 3.42. The Kier molecular flexibility index (Phi) is 6.68. The summed E-state index contributed by atoms with van der Waals surface area (Å²) >= 11 is 12.9. The first-order valence-corrected chi connectivity index (χ1v) is 12.8. The molecule has 0 unspecified atom stereocenters. The van der Waals surface area contributed by atoms with Gasteiger partial charge in [-0.15, -0.1) is 11.3 Å². The van der Waals surface area contributed by atoms with Crippen LogP contribution in [0.15, 0.2) is 47.4 Å². The zero-order chi connectivity index (χ0) is 22.9. The lowest BCUT2D eigenvalue weighted by molar-refractivity contribution is 0.0606. The number of sulfonamides is 1. The molecule has 2 heterocycles. The van der Waals surface area contributed by atoms with E-state index in [1.807, 2.05) is 18.2 Å². The fourth-order valence-electron chi connectivity index (χ4n) is 3.45. The van der Waals surface area contributed by atoms with Gasteiger partial charge in [0.1, 0.15) is 4.88 Å². The van der Waals surface area contributed by atoms with Crippen LogP contribution in [0.3, 0.4) is 0 Å². The molecular weight excluding hydrogens is 490 g/mol. The quantitative estimate of drug-likeness (QED) is 0.372. The number of thiocarbonyl (C=S) groups is 1. The largest absolute Gasteiger partial charge is 0.465 e. The SMILES string of the molecule is COC(=O)c1sc2cc(NC(=S)Nc3ccc(S(=O)(=O)N4CCCC4)cc3)ccc2c1Cl. The maximum absolute atomic E-state index is 12.6. The molecule has 1 aliphatic rings. The molecule has 0 aliphatic carbocycles. The van der Waals surface area contributed by atoms with E-state index in [-0.39, 0.29) is 4.90 Å². The Morgan fingerprint density at radius 1 is 1.09 bits per heavy atom. The summed E-state index contributed by atoms with van der Waals surface area (Å²) in [5.41, 5.74) is 1.38. The Bertz CT molecular complexity index is 1280. The first-order valence-electron chi connectivity index (χ1n) is 9.78. The number of rotatable bonds is 5. The number of fused-ring (bicyclic) bond motifs is 1. The molecule has 0 saturated carbocycles. The third kappa shape index (κ3) is 4.60. The molecule has 1 fully saturated rings. The van der Waals surface area contributed by atoms with E-state index < -0.39 is 16.0 Å². The molecule has 32 heavy (non-hydrogen) atoms. The minimum atomic E-state index is -3.45. The monoisotopic (exact) mass is 509 g/mol. The lowest BCUT2D eigenvalue weighted by Gasteiger charge is -2.16. The van der Waals surface area contributed by atoms with Gasteiger partial charge in [0.05, 0.1) is 17.0 Å². The van der Waals surface area contributed by atoms with E-state index in [1.165, 1.54) is 22.8 Å². The number of methoxy groups -OCH3 is 1. The average molecular weight is 510 g/mol. The van der Waals surface area contributed by atoms with Gasteiger partial charge in [-0.2, -0.15) is 4.31 Å². The van der Waals surface area contributed by atoms with Crippen molar-refractivity contribution in [2.45, 2.75) is 17.7 Å². The summed E-state index contributed by atoms with van der Waals surface area (Å²) in [6, 6.07) is 12.0. The van der Waals surface area contributed by atoms with Crippen LogP contribution >= 0.6 is 35.2 Å². The minimum Gasteiger partial charge on any atom is -0.465 e. The van der Waals surface area contributed by atoms with Crippen LogP contribution in [-0.4, -0.2) is 44.0 Å². The van der Waals surface area contributed by atoms with Crippen molar-refractivity contribution < 1.29 is 17.9 Å². The zero-order valence-electron chi connectivity index (χ0n) is 17.1. The molecule has 0 bridgehead atoms. The van der Waals surface area contributed by atoms with Crippen molar-refractivity contribution in [2.75, 3.05) is 30.8 Å². The number of anilines is 2. The molecule has 2 aromatic carbocycles. The first-order chi connectivity index (χ1) is 15.3.